The summed E-state index contributed by atoms with van der Waals surface area (Å²) < 4.78 is 6.39. The second kappa shape index (κ2) is 28.4. The van der Waals surface area contributed by atoms with Gasteiger partial charge in [-0.3, -0.25) is 0 Å². The first kappa shape index (κ1) is 70.5. The number of hydrogen-bond donors (Lipinski definition) is 10. The van der Waals surface area contributed by atoms with Gasteiger partial charge in [-0.2, -0.15) is 0 Å². The third-order valence-electron chi connectivity index (χ3n) is 20.4. The fourth-order valence-corrected chi connectivity index (χ4v) is 13.1. The van der Waals surface area contributed by atoms with E-state index >= 15 is 0 Å². The molecule has 0 radical (unpaired) electrons. The molecule has 504 valence electrons. The Morgan fingerprint density at radius 1 is 0.247 bits per heavy atom. The molecule has 0 aliphatic carbocycles. The van der Waals surface area contributed by atoms with Crippen LogP contribution in [0.15, 0.2) is 182 Å². The van der Waals surface area contributed by atoms with Crippen LogP contribution in [0.3, 0.4) is 0 Å². The van der Waals surface area contributed by atoms with Crippen molar-refractivity contribution in [2.75, 3.05) is 9.80 Å². The van der Waals surface area contributed by atoms with Gasteiger partial charge in [-0.1, -0.05) is 116 Å². The van der Waals surface area contributed by atoms with Crippen LogP contribution in [0, 0.1) is 27.7 Å². The van der Waals surface area contributed by atoms with Crippen molar-refractivity contribution in [3.8, 4) is 23.0 Å². The largest absolute Gasteiger partial charge is 0.507 e. The average molecular weight is 1310 g/mol. The molecule has 0 fully saturated rings. The third kappa shape index (κ3) is 14.0. The standard InChI is InChI=1S/C84H92N2O11/c1-51-13-23-75(33-53(51)3)85(71-25-15-63(16-26-71)81(5,6)67-35-55(43-87)77(93)56(36-67)44-88)73-29-19-65(20-30-73)83(9,10)69-39-59(47-91)79(95)61(41-69)49-97-50-62-42-70(40-60(48-92)80(62)96)84(11,12)66-21-31-74(32-22-66)86(76-24-14-52(2)54(4)34-76)72-27-17-64(18-28-72)82(7,8)68-37-57(45-89)78(94)58(38-68)46-90/h13-42,87-96H,43-50H2,1-12H3. The minimum Gasteiger partial charge on any atom is -0.507 e. The SMILES string of the molecule is Cc1ccc(N(c2ccc(C(C)(C)c3cc(CO)c(O)c(CO)c3)cc2)c2ccc(C(C)(C)c3cc(CO)c(O)c(COCc4cc(C(C)(C)c5ccc(N(c6ccc(C(C)(C)c7cc(CO)c(O)c(CO)c7)cc6)c6ccc(C)c(C)c6)cc5)cc(CO)c4O)c3)cc2)cc1C. The van der Waals surface area contributed by atoms with E-state index in [0.717, 1.165) is 89.8 Å². The molecule has 0 unspecified atom stereocenters. The monoisotopic (exact) mass is 1300 g/mol. The number of ether oxygens (including phenoxy) is 1. The number of aliphatic hydroxyl groups excluding tert-OH is 6. The number of benzene rings is 10. The minimum absolute atomic E-state index is 0.0548. The molecule has 0 saturated heterocycles. The molecule has 13 nitrogen and oxygen atoms in total. The van der Waals surface area contributed by atoms with Crippen LogP contribution in [-0.2, 0) is 79.3 Å². The van der Waals surface area contributed by atoms with E-state index in [2.05, 4.69) is 226 Å². The van der Waals surface area contributed by atoms with Crippen molar-refractivity contribution >= 4 is 34.1 Å². The van der Waals surface area contributed by atoms with Gasteiger partial charge >= 0.3 is 0 Å². The van der Waals surface area contributed by atoms with Gasteiger partial charge in [0.2, 0.25) is 0 Å². The van der Waals surface area contributed by atoms with Crippen LogP contribution in [0.5, 0.6) is 23.0 Å². The number of hydrogen-bond acceptors (Lipinski definition) is 13. The fourth-order valence-electron chi connectivity index (χ4n) is 13.1. The molecule has 0 bridgehead atoms. The van der Waals surface area contributed by atoms with Gasteiger partial charge in [0, 0.05) is 100 Å². The highest BCUT2D eigenvalue weighted by molar-refractivity contribution is 5.79. The Morgan fingerprint density at radius 3 is 0.649 bits per heavy atom. The molecule has 0 saturated carbocycles. The number of phenols is 4. The average Bonchev–Trinajstić information content (AvgIpc) is 0.793. The van der Waals surface area contributed by atoms with Gasteiger partial charge < -0.3 is 65.6 Å². The summed E-state index contributed by atoms with van der Waals surface area (Å²) in [5, 5.41) is 106. The smallest absolute Gasteiger partial charge is 0.126 e. The van der Waals surface area contributed by atoms with E-state index in [4.69, 9.17) is 4.74 Å². The van der Waals surface area contributed by atoms with Crippen molar-refractivity contribution in [1.82, 2.24) is 0 Å². The van der Waals surface area contributed by atoms with E-state index in [1.54, 1.807) is 24.3 Å². The molecule has 97 heavy (non-hydrogen) atoms. The Morgan fingerprint density at radius 2 is 0.443 bits per heavy atom. The van der Waals surface area contributed by atoms with Gasteiger partial charge in [-0.05, 0) is 216 Å². The van der Waals surface area contributed by atoms with Crippen LogP contribution >= 0.6 is 0 Å². The molecule has 0 spiro atoms. The lowest BCUT2D eigenvalue weighted by atomic mass is 9.76. The lowest BCUT2D eigenvalue weighted by Gasteiger charge is -2.31. The number of anilines is 6. The summed E-state index contributed by atoms with van der Waals surface area (Å²) >= 11 is 0. The number of aryl methyl sites for hydroxylation is 4. The van der Waals surface area contributed by atoms with E-state index in [1.807, 2.05) is 24.3 Å². The number of aromatic hydroxyl groups is 4. The maximum Gasteiger partial charge on any atom is 0.126 e. The molecular formula is C84H92N2O11. The van der Waals surface area contributed by atoms with Gasteiger partial charge in [-0.25, -0.2) is 0 Å². The first-order valence-electron chi connectivity index (χ1n) is 32.9. The predicted octanol–water partition coefficient (Wildman–Crippen LogP) is 16.7. The molecule has 10 aromatic rings. The predicted molar refractivity (Wildman–Crippen MR) is 386 cm³/mol. The Bertz CT molecular complexity index is 4140. The Hall–Kier alpha value is -9.28. The minimum atomic E-state index is -0.632. The highest BCUT2D eigenvalue weighted by Crippen LogP contribution is 2.46. The van der Waals surface area contributed by atoms with E-state index in [9.17, 15) is 51.1 Å². The van der Waals surface area contributed by atoms with Gasteiger partial charge in [0.05, 0.1) is 52.9 Å². The molecule has 10 rings (SSSR count). The normalized spacial score (nSPS) is 12.1. The summed E-state index contributed by atoms with van der Waals surface area (Å²) in [6, 6.07) is 60.9. The molecule has 13 heteroatoms. The zero-order chi connectivity index (χ0) is 70.1. The maximum absolute atomic E-state index is 11.6. The highest BCUT2D eigenvalue weighted by atomic mass is 16.5. The molecular weight excluding hydrogens is 1210 g/mol. The highest BCUT2D eigenvalue weighted by Gasteiger charge is 2.32. The molecule has 0 aliphatic heterocycles. The van der Waals surface area contributed by atoms with Crippen molar-refractivity contribution in [1.29, 1.82) is 0 Å². The van der Waals surface area contributed by atoms with Crippen LogP contribution in [0.1, 0.15) is 167 Å². The lowest BCUT2D eigenvalue weighted by Crippen LogP contribution is -2.21. The Balaban J connectivity index is 0.887. The van der Waals surface area contributed by atoms with Crippen molar-refractivity contribution in [2.24, 2.45) is 0 Å². The van der Waals surface area contributed by atoms with Crippen molar-refractivity contribution in [2.45, 2.75) is 158 Å². The number of aliphatic hydroxyl groups is 6. The maximum atomic E-state index is 11.6. The molecule has 0 heterocycles. The van der Waals surface area contributed by atoms with Crippen molar-refractivity contribution in [3.63, 3.8) is 0 Å². The van der Waals surface area contributed by atoms with E-state index in [1.165, 1.54) is 11.1 Å². The molecule has 0 amide bonds. The molecule has 0 aromatic heterocycles. The van der Waals surface area contributed by atoms with Crippen LogP contribution < -0.4 is 9.80 Å². The molecule has 10 aromatic carbocycles. The second-order valence-corrected chi connectivity index (χ2v) is 27.9. The van der Waals surface area contributed by atoms with Gasteiger partial charge in [0.15, 0.2) is 0 Å². The number of nitrogens with zero attached hydrogens (tertiary/aromatic N) is 2. The quantitative estimate of drug-likeness (QED) is 0.0273. The second-order valence-electron chi connectivity index (χ2n) is 27.9. The Kier molecular flexibility index (Phi) is 20.7. The third-order valence-corrected chi connectivity index (χ3v) is 20.4. The van der Waals surface area contributed by atoms with Gasteiger partial charge in [0.1, 0.15) is 23.0 Å². The van der Waals surface area contributed by atoms with Crippen LogP contribution in [0.2, 0.25) is 0 Å². The summed E-state index contributed by atoms with van der Waals surface area (Å²) in [4.78, 5) is 4.42. The number of rotatable bonds is 24. The van der Waals surface area contributed by atoms with Crippen LogP contribution in [0.25, 0.3) is 0 Å². The summed E-state index contributed by atoms with van der Waals surface area (Å²) in [7, 11) is 0. The van der Waals surface area contributed by atoms with Gasteiger partial charge in [-0.15, -0.1) is 0 Å². The molecule has 10 N–H and O–H groups in total. The van der Waals surface area contributed by atoms with Crippen molar-refractivity contribution in [3.05, 3.63) is 293 Å². The topological polar surface area (TPSA) is 218 Å². The Labute approximate surface area is 570 Å². The van der Waals surface area contributed by atoms with Crippen molar-refractivity contribution < 1.29 is 55.8 Å². The molecule has 0 atom stereocenters. The van der Waals surface area contributed by atoms with E-state index in [-0.39, 0.29) is 62.6 Å². The fraction of sp³-hybridized carbons (Fsp3) is 0.286. The zero-order valence-electron chi connectivity index (χ0n) is 57.8. The molecule has 0 aliphatic rings. The van der Waals surface area contributed by atoms with Gasteiger partial charge in [0.25, 0.3) is 0 Å². The van der Waals surface area contributed by atoms with E-state index < -0.39 is 34.9 Å². The lowest BCUT2D eigenvalue weighted by molar-refractivity contribution is 0.103. The zero-order valence-corrected chi connectivity index (χ0v) is 57.8. The van der Waals surface area contributed by atoms with E-state index in [0.29, 0.717) is 44.5 Å². The summed E-state index contributed by atoms with van der Waals surface area (Å²) in [6.45, 7) is 22.7. The first-order chi connectivity index (χ1) is 46.1. The van der Waals surface area contributed by atoms with Crippen LogP contribution in [0.4, 0.5) is 34.1 Å². The van der Waals surface area contributed by atoms with Crippen LogP contribution in [-0.4, -0.2) is 51.1 Å². The summed E-state index contributed by atoms with van der Waals surface area (Å²) in [5.74, 6) is -0.364. The first-order valence-corrected chi connectivity index (χ1v) is 32.9. The summed E-state index contributed by atoms with van der Waals surface area (Å²) in [5.41, 5.74) is 18.3. The summed E-state index contributed by atoms with van der Waals surface area (Å²) in [6.07, 6.45) is 0.